The Morgan fingerprint density at radius 2 is 1.54 bits per heavy atom. The molecule has 41 heavy (non-hydrogen) atoms. The van der Waals surface area contributed by atoms with E-state index in [1.165, 1.54) is 76.2 Å². The van der Waals surface area contributed by atoms with Crippen LogP contribution in [0.15, 0.2) is 59.6 Å². The zero-order valence-corrected chi connectivity index (χ0v) is 26.4. The lowest BCUT2D eigenvalue weighted by molar-refractivity contribution is -0.683. The number of carbonyl (C=O) groups excluding carboxylic acids is 1. The van der Waals surface area contributed by atoms with E-state index in [4.69, 9.17) is 9.47 Å². The molecule has 0 N–H and O–H groups in total. The molecule has 6 heteroatoms. The highest BCUT2D eigenvalue weighted by Gasteiger charge is 2.17. The minimum absolute atomic E-state index is 0.0941. The molecule has 0 aliphatic carbocycles. The smallest absolute Gasteiger partial charge is 0.227 e. The van der Waals surface area contributed by atoms with Crippen molar-refractivity contribution in [3.05, 3.63) is 70.7 Å². The molecule has 0 aliphatic rings. The van der Waals surface area contributed by atoms with Crippen molar-refractivity contribution in [2.24, 2.45) is 0 Å². The van der Waals surface area contributed by atoms with Crippen LogP contribution < -0.4 is 18.9 Å². The van der Waals surface area contributed by atoms with Crippen molar-refractivity contribution >= 4 is 22.9 Å². The molecule has 224 valence electrons. The van der Waals surface area contributed by atoms with Gasteiger partial charge in [-0.1, -0.05) is 114 Å². The predicted octanol–water partition coefficient (Wildman–Crippen LogP) is 9.12. The Bertz CT molecular complexity index is 1130. The van der Waals surface area contributed by atoms with Gasteiger partial charge in [-0.15, -0.1) is 0 Å². The van der Waals surface area contributed by atoms with E-state index in [2.05, 4.69) is 40.7 Å². The molecule has 0 spiro atoms. The van der Waals surface area contributed by atoms with Gasteiger partial charge in [0.2, 0.25) is 11.4 Å². The van der Waals surface area contributed by atoms with E-state index in [0.717, 1.165) is 30.0 Å². The third-order valence-electron chi connectivity index (χ3n) is 7.54. The van der Waals surface area contributed by atoms with Gasteiger partial charge in [-0.05, 0) is 36.2 Å². The number of methoxy groups -OCH3 is 1. The lowest BCUT2D eigenvalue weighted by Gasteiger charge is -2.23. The fourth-order valence-corrected chi connectivity index (χ4v) is 5.73. The van der Waals surface area contributed by atoms with Gasteiger partial charge in [0, 0.05) is 17.7 Å². The lowest BCUT2D eigenvalue weighted by atomic mass is 10.1. The van der Waals surface area contributed by atoms with Crippen molar-refractivity contribution in [2.45, 2.75) is 110 Å². The summed E-state index contributed by atoms with van der Waals surface area (Å²) in [6, 6.07) is 14.3. The van der Waals surface area contributed by atoms with Gasteiger partial charge in [0.1, 0.15) is 0 Å². The number of aromatic nitrogens is 1. The number of carbonyl (C=O) groups is 1. The van der Waals surface area contributed by atoms with Gasteiger partial charge in [0.05, 0.1) is 25.6 Å². The molecule has 3 rings (SSSR count). The van der Waals surface area contributed by atoms with Crippen LogP contribution in [0.5, 0.6) is 11.5 Å². The molecule has 0 unspecified atom stereocenters. The molecule has 0 saturated carbocycles. The molecule has 0 atom stereocenters. The summed E-state index contributed by atoms with van der Waals surface area (Å²) in [6.45, 7) is 6.15. The number of nitrogens with zero attached hydrogens (tertiary/aromatic N) is 2. The van der Waals surface area contributed by atoms with E-state index < -0.39 is 0 Å². The first-order chi connectivity index (χ1) is 20.1. The van der Waals surface area contributed by atoms with E-state index in [9.17, 15) is 4.79 Å². The zero-order valence-electron chi connectivity index (χ0n) is 25.6. The van der Waals surface area contributed by atoms with E-state index in [1.807, 2.05) is 42.2 Å². The van der Waals surface area contributed by atoms with Crippen LogP contribution in [0.2, 0.25) is 0 Å². The standard InChI is InChI=1S/C35H51N2O3S/c1-4-6-7-8-9-10-11-12-13-14-15-16-23-40-33-21-20-31(26-34(33)39-3)28-37(35(38)5-2)32-19-17-18-30(25-32)27-36-22-24-41-29-36/h17-22,24-26,29H,4-16,23,27-28H2,1-3H3/q+1. The minimum Gasteiger partial charge on any atom is -0.493 e. The van der Waals surface area contributed by atoms with Crippen molar-refractivity contribution in [1.29, 1.82) is 0 Å². The number of ether oxygens (including phenoxy) is 2. The maximum Gasteiger partial charge on any atom is 0.227 e. The molecule has 0 bridgehead atoms. The molecule has 1 amide bonds. The monoisotopic (exact) mass is 579 g/mol. The first kappa shape index (κ1) is 32.7. The molecule has 0 saturated heterocycles. The molecule has 3 aromatic rings. The van der Waals surface area contributed by atoms with E-state index in [-0.39, 0.29) is 5.91 Å². The fraction of sp³-hybridized carbons (Fsp3) is 0.543. The normalized spacial score (nSPS) is 11.0. The number of anilines is 1. The number of unbranched alkanes of at least 4 members (excludes halogenated alkanes) is 11. The number of thiazole rings is 1. The summed E-state index contributed by atoms with van der Waals surface area (Å²) in [5.41, 5.74) is 5.18. The van der Waals surface area contributed by atoms with Crippen LogP contribution in [0.4, 0.5) is 5.69 Å². The zero-order chi connectivity index (χ0) is 29.1. The Morgan fingerprint density at radius 3 is 2.17 bits per heavy atom. The van der Waals surface area contributed by atoms with Crippen molar-refractivity contribution in [3.63, 3.8) is 0 Å². The van der Waals surface area contributed by atoms with Gasteiger partial charge in [-0.2, -0.15) is 4.57 Å². The predicted molar refractivity (Wildman–Crippen MR) is 171 cm³/mol. The number of amides is 1. The molecule has 2 aromatic carbocycles. The average molecular weight is 580 g/mol. The van der Waals surface area contributed by atoms with E-state index in [1.54, 1.807) is 18.4 Å². The van der Waals surface area contributed by atoms with E-state index in [0.29, 0.717) is 25.3 Å². The van der Waals surface area contributed by atoms with Gasteiger partial charge >= 0.3 is 0 Å². The quantitative estimate of drug-likeness (QED) is 0.0933. The van der Waals surface area contributed by atoms with Gasteiger partial charge in [0.15, 0.2) is 24.2 Å². The SMILES string of the molecule is CCCCCCCCCCCCCCOc1ccc(CN(C(=O)CC)c2cccc(C[n+]3ccsc3)c2)cc1OC. The van der Waals surface area contributed by atoms with Crippen LogP contribution in [0.3, 0.4) is 0 Å². The summed E-state index contributed by atoms with van der Waals surface area (Å²) in [5, 5.41) is 2.07. The molecule has 1 heterocycles. The Morgan fingerprint density at radius 1 is 0.829 bits per heavy atom. The summed E-state index contributed by atoms with van der Waals surface area (Å²) in [4.78, 5) is 14.8. The Labute approximate surface area is 252 Å². The second-order valence-corrected chi connectivity index (χ2v) is 11.7. The van der Waals surface area contributed by atoms with Crippen molar-refractivity contribution in [3.8, 4) is 11.5 Å². The maximum atomic E-state index is 13.0. The van der Waals surface area contributed by atoms with Crippen LogP contribution >= 0.6 is 11.3 Å². The molecule has 0 fully saturated rings. The topological polar surface area (TPSA) is 42.7 Å². The van der Waals surface area contributed by atoms with Gasteiger partial charge < -0.3 is 14.4 Å². The van der Waals surface area contributed by atoms with Crippen LogP contribution in [-0.4, -0.2) is 19.6 Å². The summed E-state index contributed by atoms with van der Waals surface area (Å²) >= 11 is 1.67. The molecular weight excluding hydrogens is 528 g/mol. The number of rotatable bonds is 21. The first-order valence-electron chi connectivity index (χ1n) is 15.7. The fourth-order valence-electron chi connectivity index (χ4n) is 5.14. The average Bonchev–Trinajstić information content (AvgIpc) is 3.51. The number of hydrogen-bond acceptors (Lipinski definition) is 4. The molecular formula is C35H51N2O3S+. The van der Waals surface area contributed by atoms with Crippen LogP contribution in [0.25, 0.3) is 0 Å². The summed E-state index contributed by atoms with van der Waals surface area (Å²) in [6.07, 6.45) is 18.5. The second-order valence-electron chi connectivity index (χ2n) is 10.9. The summed E-state index contributed by atoms with van der Waals surface area (Å²) in [7, 11) is 1.68. The Kier molecular flexibility index (Phi) is 15.4. The summed E-state index contributed by atoms with van der Waals surface area (Å²) in [5.74, 6) is 1.58. The van der Waals surface area contributed by atoms with Crippen LogP contribution in [0, 0.1) is 0 Å². The van der Waals surface area contributed by atoms with E-state index >= 15 is 0 Å². The van der Waals surface area contributed by atoms with Crippen molar-refractivity contribution in [1.82, 2.24) is 0 Å². The first-order valence-corrected chi connectivity index (χ1v) is 16.7. The van der Waals surface area contributed by atoms with Crippen molar-refractivity contribution < 1.29 is 18.8 Å². The molecule has 0 aliphatic heterocycles. The third kappa shape index (κ3) is 11.9. The van der Waals surface area contributed by atoms with Crippen molar-refractivity contribution in [2.75, 3.05) is 18.6 Å². The van der Waals surface area contributed by atoms with Gasteiger partial charge in [0.25, 0.3) is 0 Å². The molecule has 0 radical (unpaired) electrons. The molecule has 5 nitrogen and oxygen atoms in total. The Balaban J connectivity index is 1.45. The highest BCUT2D eigenvalue weighted by atomic mass is 32.1. The molecule has 1 aromatic heterocycles. The number of benzene rings is 2. The largest absolute Gasteiger partial charge is 0.493 e. The van der Waals surface area contributed by atoms with Crippen LogP contribution in [-0.2, 0) is 17.9 Å². The minimum atomic E-state index is 0.0941. The highest BCUT2D eigenvalue weighted by Crippen LogP contribution is 2.30. The number of hydrogen-bond donors (Lipinski definition) is 0. The van der Waals surface area contributed by atoms with Gasteiger partial charge in [-0.3, -0.25) is 4.79 Å². The Hall–Kier alpha value is -2.86. The highest BCUT2D eigenvalue weighted by molar-refractivity contribution is 7.07. The lowest BCUT2D eigenvalue weighted by Crippen LogP contribution is -2.32. The van der Waals surface area contributed by atoms with Gasteiger partial charge in [-0.25, -0.2) is 0 Å². The summed E-state index contributed by atoms with van der Waals surface area (Å²) < 4.78 is 13.9. The third-order valence-corrected chi connectivity index (χ3v) is 8.21. The van der Waals surface area contributed by atoms with Crippen LogP contribution in [0.1, 0.15) is 108 Å². The maximum absolute atomic E-state index is 13.0. The second kappa shape index (κ2) is 19.3.